The van der Waals surface area contributed by atoms with Gasteiger partial charge in [-0.15, -0.1) is 0 Å². The zero-order chi connectivity index (χ0) is 18.1. The first-order chi connectivity index (χ1) is 12.7. The normalized spacial score (nSPS) is 16.7. The van der Waals surface area contributed by atoms with E-state index in [2.05, 4.69) is 17.4 Å². The van der Waals surface area contributed by atoms with E-state index in [-0.39, 0.29) is 18.0 Å². The van der Waals surface area contributed by atoms with Crippen molar-refractivity contribution >= 4 is 22.8 Å². The molecule has 0 atom stereocenters. The summed E-state index contributed by atoms with van der Waals surface area (Å²) < 4.78 is 5.04. The number of carbonyl (C=O) groups excluding carboxylic acids is 2. The predicted octanol–water partition coefficient (Wildman–Crippen LogP) is 3.29. The van der Waals surface area contributed by atoms with Crippen LogP contribution in [0.1, 0.15) is 41.3 Å². The molecule has 0 unspecified atom stereocenters. The molecule has 1 fully saturated rings. The van der Waals surface area contributed by atoms with E-state index in [9.17, 15) is 9.59 Å². The van der Waals surface area contributed by atoms with Gasteiger partial charge >= 0.3 is 6.09 Å². The summed E-state index contributed by atoms with van der Waals surface area (Å²) in [6.07, 6.45) is 3.37. The van der Waals surface area contributed by atoms with Crippen LogP contribution in [-0.4, -0.2) is 42.6 Å². The highest BCUT2D eigenvalue weighted by Crippen LogP contribution is 2.32. The van der Waals surface area contributed by atoms with E-state index in [0.29, 0.717) is 19.7 Å². The molecule has 0 radical (unpaired) electrons. The third kappa shape index (κ3) is 3.02. The van der Waals surface area contributed by atoms with Gasteiger partial charge in [0.25, 0.3) is 5.91 Å². The summed E-state index contributed by atoms with van der Waals surface area (Å²) in [5.41, 5.74) is 3.44. The van der Waals surface area contributed by atoms with Crippen LogP contribution in [0.25, 0.3) is 10.8 Å². The molecule has 5 heteroatoms. The van der Waals surface area contributed by atoms with Crippen molar-refractivity contribution in [3.8, 4) is 0 Å². The van der Waals surface area contributed by atoms with Crippen LogP contribution in [0.15, 0.2) is 30.3 Å². The van der Waals surface area contributed by atoms with Gasteiger partial charge in [0.15, 0.2) is 0 Å². The fraction of sp³-hybridized carbons (Fsp3) is 0.429. The van der Waals surface area contributed by atoms with Crippen LogP contribution < -0.4 is 5.32 Å². The molecule has 1 aliphatic carbocycles. The third-order valence-electron chi connectivity index (χ3n) is 5.48. The first-order valence-corrected chi connectivity index (χ1v) is 9.43. The molecule has 2 amide bonds. The van der Waals surface area contributed by atoms with Gasteiger partial charge in [-0.2, -0.15) is 0 Å². The second kappa shape index (κ2) is 6.98. The number of nitrogens with zero attached hydrogens (tertiary/aromatic N) is 1. The van der Waals surface area contributed by atoms with Crippen LogP contribution >= 0.6 is 0 Å². The van der Waals surface area contributed by atoms with Crippen molar-refractivity contribution in [3.63, 3.8) is 0 Å². The number of carbonyl (C=O) groups is 2. The van der Waals surface area contributed by atoms with Crippen molar-refractivity contribution in [3.05, 3.63) is 47.0 Å². The molecule has 136 valence electrons. The summed E-state index contributed by atoms with van der Waals surface area (Å²) in [6.45, 7) is 3.44. The number of rotatable bonds is 3. The van der Waals surface area contributed by atoms with E-state index in [4.69, 9.17) is 4.74 Å². The van der Waals surface area contributed by atoms with Gasteiger partial charge in [-0.05, 0) is 60.6 Å². The summed E-state index contributed by atoms with van der Waals surface area (Å²) in [5.74, 6) is -0.0183. The van der Waals surface area contributed by atoms with E-state index in [1.807, 2.05) is 25.1 Å². The zero-order valence-corrected chi connectivity index (χ0v) is 15.1. The molecule has 1 saturated heterocycles. The Kier molecular flexibility index (Phi) is 4.53. The Labute approximate surface area is 153 Å². The maximum atomic E-state index is 12.9. The van der Waals surface area contributed by atoms with Crippen molar-refractivity contribution < 1.29 is 14.3 Å². The average molecular weight is 352 g/mol. The van der Waals surface area contributed by atoms with E-state index >= 15 is 0 Å². The molecule has 1 aliphatic heterocycles. The molecule has 5 nitrogen and oxygen atoms in total. The second-order valence-electron chi connectivity index (χ2n) is 7.05. The van der Waals surface area contributed by atoms with Gasteiger partial charge < -0.3 is 15.0 Å². The van der Waals surface area contributed by atoms with Gasteiger partial charge in [-0.1, -0.05) is 24.3 Å². The second-order valence-corrected chi connectivity index (χ2v) is 7.05. The highest BCUT2D eigenvalue weighted by molar-refractivity contribution is 6.09. The largest absolute Gasteiger partial charge is 0.450 e. The smallest absolute Gasteiger partial charge is 0.409 e. The van der Waals surface area contributed by atoms with Crippen molar-refractivity contribution in [1.29, 1.82) is 0 Å². The number of hydrogen-bond acceptors (Lipinski definition) is 3. The monoisotopic (exact) mass is 352 g/mol. The first-order valence-electron chi connectivity index (χ1n) is 9.43. The van der Waals surface area contributed by atoms with E-state index < -0.39 is 0 Å². The highest BCUT2D eigenvalue weighted by atomic mass is 16.6. The van der Waals surface area contributed by atoms with Gasteiger partial charge in [0.2, 0.25) is 0 Å². The molecule has 0 bridgehead atoms. The van der Waals surface area contributed by atoms with Crippen LogP contribution in [0.4, 0.5) is 4.79 Å². The maximum absolute atomic E-state index is 12.9. The maximum Gasteiger partial charge on any atom is 0.409 e. The quantitative estimate of drug-likeness (QED) is 0.922. The zero-order valence-electron chi connectivity index (χ0n) is 15.1. The van der Waals surface area contributed by atoms with Crippen molar-refractivity contribution in [2.24, 2.45) is 0 Å². The number of piperidine rings is 1. The Balaban J connectivity index is 1.46. The molecular formula is C21H24N2O3. The Morgan fingerprint density at radius 1 is 1.12 bits per heavy atom. The third-order valence-corrected chi connectivity index (χ3v) is 5.48. The fourth-order valence-electron chi connectivity index (χ4n) is 4.13. The Bertz CT molecular complexity index is 843. The van der Waals surface area contributed by atoms with Crippen molar-refractivity contribution in [1.82, 2.24) is 10.2 Å². The molecule has 1 heterocycles. The predicted molar refractivity (Wildman–Crippen MR) is 100 cm³/mol. The summed E-state index contributed by atoms with van der Waals surface area (Å²) in [7, 11) is 0. The van der Waals surface area contributed by atoms with Gasteiger partial charge in [-0.25, -0.2) is 4.79 Å². The van der Waals surface area contributed by atoms with Crippen LogP contribution in [0, 0.1) is 0 Å². The molecule has 2 aromatic carbocycles. The lowest BCUT2D eigenvalue weighted by Gasteiger charge is -2.31. The standard InChI is InChI=1S/C21H24N2O3/c1-2-26-21(25)23-12-10-16(11-13-23)22-20(24)18-9-8-15-7-6-14-4-3-5-17(18)19(14)15/h3-5,8-9,16H,2,6-7,10-13H2,1H3,(H,22,24). The number of benzene rings is 2. The molecule has 2 aliphatic rings. The van der Waals surface area contributed by atoms with Crippen LogP contribution in [0.5, 0.6) is 0 Å². The Hall–Kier alpha value is -2.56. The van der Waals surface area contributed by atoms with Gasteiger partial charge in [-0.3, -0.25) is 4.79 Å². The molecule has 2 aromatic rings. The first kappa shape index (κ1) is 16.9. The van der Waals surface area contributed by atoms with Crippen LogP contribution in [0.3, 0.4) is 0 Å². The molecule has 26 heavy (non-hydrogen) atoms. The molecule has 1 N–H and O–H groups in total. The Morgan fingerprint density at radius 2 is 1.85 bits per heavy atom. The number of likely N-dealkylation sites (tertiary alicyclic amines) is 1. The minimum atomic E-state index is -0.259. The summed E-state index contributed by atoms with van der Waals surface area (Å²) in [6, 6.07) is 10.4. The molecule has 0 spiro atoms. The van der Waals surface area contributed by atoms with Gasteiger partial charge in [0, 0.05) is 24.7 Å². The fourth-order valence-corrected chi connectivity index (χ4v) is 4.13. The highest BCUT2D eigenvalue weighted by Gasteiger charge is 2.26. The average Bonchev–Trinajstić information content (AvgIpc) is 3.08. The summed E-state index contributed by atoms with van der Waals surface area (Å²) in [5, 5.41) is 5.48. The van der Waals surface area contributed by atoms with Crippen molar-refractivity contribution in [2.45, 2.75) is 38.6 Å². The minimum Gasteiger partial charge on any atom is -0.450 e. The number of amides is 2. The number of ether oxygens (including phenoxy) is 1. The van der Waals surface area contributed by atoms with E-state index in [1.165, 1.54) is 16.5 Å². The minimum absolute atomic E-state index is 0.0183. The molecule has 4 rings (SSSR count). The number of hydrogen-bond donors (Lipinski definition) is 1. The molecule has 0 aromatic heterocycles. The molecule has 0 saturated carbocycles. The lowest BCUT2D eigenvalue weighted by molar-refractivity contribution is 0.0861. The SMILES string of the molecule is CCOC(=O)N1CCC(NC(=O)c2ccc3c4c(cccc24)CC3)CC1. The van der Waals surface area contributed by atoms with E-state index in [0.717, 1.165) is 36.6 Å². The van der Waals surface area contributed by atoms with Crippen molar-refractivity contribution in [2.75, 3.05) is 19.7 Å². The summed E-state index contributed by atoms with van der Waals surface area (Å²) >= 11 is 0. The van der Waals surface area contributed by atoms with Gasteiger partial charge in [0.1, 0.15) is 0 Å². The van der Waals surface area contributed by atoms with Crippen LogP contribution in [0.2, 0.25) is 0 Å². The molecular weight excluding hydrogens is 328 g/mol. The van der Waals surface area contributed by atoms with Crippen LogP contribution in [-0.2, 0) is 17.6 Å². The number of aryl methyl sites for hydroxylation is 2. The number of nitrogens with one attached hydrogen (secondary N) is 1. The lowest BCUT2D eigenvalue weighted by atomic mass is 9.98. The Morgan fingerprint density at radius 3 is 2.58 bits per heavy atom. The van der Waals surface area contributed by atoms with Gasteiger partial charge in [0.05, 0.1) is 6.61 Å². The lowest BCUT2D eigenvalue weighted by Crippen LogP contribution is -2.46. The topological polar surface area (TPSA) is 58.6 Å². The van der Waals surface area contributed by atoms with E-state index in [1.54, 1.807) is 4.90 Å². The summed E-state index contributed by atoms with van der Waals surface area (Å²) in [4.78, 5) is 26.4.